The topological polar surface area (TPSA) is 53.3 Å². The van der Waals surface area contributed by atoms with Gasteiger partial charge in [0.25, 0.3) is 0 Å². The molecule has 0 aliphatic heterocycles. The quantitative estimate of drug-likeness (QED) is 0.792. The first-order valence-corrected chi connectivity index (χ1v) is 6.03. The predicted molar refractivity (Wildman–Crippen MR) is 70.8 cm³/mol. The summed E-state index contributed by atoms with van der Waals surface area (Å²) in [5.74, 6) is 0.338. The maximum Gasteiger partial charge on any atom is 0.359 e. The third-order valence-corrected chi connectivity index (χ3v) is 2.68. The second-order valence-corrected chi connectivity index (χ2v) is 4.03. The van der Waals surface area contributed by atoms with Crippen molar-refractivity contribution in [2.45, 2.75) is 13.8 Å². The van der Waals surface area contributed by atoms with Crippen molar-refractivity contribution in [3.63, 3.8) is 0 Å². The minimum atomic E-state index is -0.401. The van der Waals surface area contributed by atoms with Crippen LogP contribution in [0.15, 0.2) is 30.5 Å². The summed E-state index contributed by atoms with van der Waals surface area (Å²) in [4.78, 5) is 11.7. The molecule has 0 atom stereocenters. The van der Waals surface area contributed by atoms with E-state index < -0.39 is 5.97 Å². The Hall–Kier alpha value is -2.30. The first-order valence-electron chi connectivity index (χ1n) is 6.03. The van der Waals surface area contributed by atoms with Crippen molar-refractivity contribution in [1.29, 1.82) is 0 Å². The van der Waals surface area contributed by atoms with Crippen molar-refractivity contribution in [3.05, 3.63) is 41.7 Å². The van der Waals surface area contributed by atoms with Gasteiger partial charge in [-0.25, -0.2) is 9.48 Å². The molecule has 100 valence electrons. The van der Waals surface area contributed by atoms with Gasteiger partial charge in [-0.3, -0.25) is 0 Å². The minimum Gasteiger partial charge on any atom is -0.497 e. The molecule has 0 N–H and O–H groups in total. The molecule has 0 amide bonds. The minimum absolute atomic E-state index is 0.338. The van der Waals surface area contributed by atoms with Gasteiger partial charge >= 0.3 is 5.97 Å². The summed E-state index contributed by atoms with van der Waals surface area (Å²) in [5.41, 5.74) is 1.95. The lowest BCUT2D eigenvalue weighted by Gasteiger charge is -2.04. The third-order valence-electron chi connectivity index (χ3n) is 2.68. The molecule has 1 aromatic carbocycles. The Labute approximate surface area is 111 Å². The summed E-state index contributed by atoms with van der Waals surface area (Å²) in [7, 11) is 1.61. The van der Waals surface area contributed by atoms with Crippen molar-refractivity contribution < 1.29 is 14.3 Å². The van der Waals surface area contributed by atoms with Gasteiger partial charge in [0.05, 0.1) is 19.4 Å². The van der Waals surface area contributed by atoms with Crippen molar-refractivity contribution in [2.75, 3.05) is 13.7 Å². The Morgan fingerprint density at radius 2 is 2.21 bits per heavy atom. The Morgan fingerprint density at radius 1 is 1.42 bits per heavy atom. The highest BCUT2D eigenvalue weighted by atomic mass is 16.5. The van der Waals surface area contributed by atoms with Gasteiger partial charge in [0.15, 0.2) is 5.69 Å². The summed E-state index contributed by atoms with van der Waals surface area (Å²) < 4.78 is 11.8. The number of hydrogen-bond donors (Lipinski definition) is 0. The first-order chi connectivity index (χ1) is 9.15. The number of methoxy groups -OCH3 is 1. The summed E-state index contributed by atoms with van der Waals surface area (Å²) >= 11 is 0. The molecule has 2 rings (SSSR count). The maximum absolute atomic E-state index is 11.7. The Balaban J connectivity index is 2.36. The highest BCUT2D eigenvalue weighted by Crippen LogP contribution is 2.17. The summed E-state index contributed by atoms with van der Waals surface area (Å²) in [5, 5.41) is 4.26. The Bertz CT molecular complexity index is 590. The van der Waals surface area contributed by atoms with Crippen LogP contribution in [0.5, 0.6) is 5.75 Å². The van der Waals surface area contributed by atoms with Gasteiger partial charge < -0.3 is 9.47 Å². The normalized spacial score (nSPS) is 10.3. The molecular formula is C14H16N2O3. The van der Waals surface area contributed by atoms with Crippen LogP contribution in [-0.4, -0.2) is 29.5 Å². The Kier molecular flexibility index (Phi) is 3.85. The largest absolute Gasteiger partial charge is 0.497 e. The molecule has 0 radical (unpaired) electrons. The smallest absolute Gasteiger partial charge is 0.359 e. The summed E-state index contributed by atoms with van der Waals surface area (Å²) in [6, 6.07) is 7.46. The molecule has 0 aliphatic rings. The van der Waals surface area contributed by atoms with Gasteiger partial charge in [-0.1, -0.05) is 6.07 Å². The highest BCUT2D eigenvalue weighted by Gasteiger charge is 2.15. The van der Waals surface area contributed by atoms with E-state index in [0.29, 0.717) is 12.3 Å². The number of esters is 1. The zero-order chi connectivity index (χ0) is 13.8. The van der Waals surface area contributed by atoms with Crippen LogP contribution in [-0.2, 0) is 4.74 Å². The molecule has 0 saturated heterocycles. The van der Waals surface area contributed by atoms with Gasteiger partial charge in [-0.05, 0) is 26.0 Å². The summed E-state index contributed by atoms with van der Waals surface area (Å²) in [6.45, 7) is 3.94. The molecule has 0 bridgehead atoms. The molecule has 0 unspecified atom stereocenters. The van der Waals surface area contributed by atoms with Gasteiger partial charge in [-0.15, -0.1) is 0 Å². The van der Waals surface area contributed by atoms with Crippen molar-refractivity contribution in [3.8, 4) is 11.4 Å². The first kappa shape index (κ1) is 13.1. The zero-order valence-corrected chi connectivity index (χ0v) is 11.2. The number of benzene rings is 1. The van der Waals surface area contributed by atoms with Gasteiger partial charge in [0.2, 0.25) is 0 Å². The lowest BCUT2D eigenvalue weighted by atomic mass is 10.3. The van der Waals surface area contributed by atoms with Crippen LogP contribution in [0.3, 0.4) is 0 Å². The van der Waals surface area contributed by atoms with E-state index in [1.54, 1.807) is 24.9 Å². The molecule has 0 spiro atoms. The van der Waals surface area contributed by atoms with Crippen LogP contribution in [0, 0.1) is 6.92 Å². The fraction of sp³-hybridized carbons (Fsp3) is 0.286. The molecule has 5 nitrogen and oxygen atoms in total. The number of aryl methyl sites for hydroxylation is 1. The number of aromatic nitrogens is 2. The predicted octanol–water partition coefficient (Wildman–Crippen LogP) is 2.37. The number of nitrogens with zero attached hydrogens (tertiary/aromatic N) is 2. The fourth-order valence-electron chi connectivity index (χ4n) is 1.75. The van der Waals surface area contributed by atoms with E-state index in [0.717, 1.165) is 17.0 Å². The van der Waals surface area contributed by atoms with Crippen LogP contribution < -0.4 is 4.74 Å². The molecule has 2 aromatic rings. The molecule has 0 fully saturated rings. The maximum atomic E-state index is 11.7. The van der Waals surface area contributed by atoms with Crippen LogP contribution in [0.4, 0.5) is 0 Å². The van der Waals surface area contributed by atoms with Gasteiger partial charge in [0, 0.05) is 17.8 Å². The number of carbonyl (C=O) groups excluding carboxylic acids is 1. The van der Waals surface area contributed by atoms with E-state index in [2.05, 4.69) is 5.10 Å². The second-order valence-electron chi connectivity index (χ2n) is 4.03. The van der Waals surface area contributed by atoms with Crippen LogP contribution >= 0.6 is 0 Å². The molecule has 19 heavy (non-hydrogen) atoms. The molecule has 0 aliphatic carbocycles. The molecule has 1 heterocycles. The van der Waals surface area contributed by atoms with Crippen molar-refractivity contribution >= 4 is 5.97 Å². The zero-order valence-electron chi connectivity index (χ0n) is 11.2. The lowest BCUT2D eigenvalue weighted by Crippen LogP contribution is -2.07. The SMILES string of the molecule is CCOC(=O)c1nn(-c2cccc(OC)c2)cc1C. The average Bonchev–Trinajstić information content (AvgIpc) is 2.81. The van der Waals surface area contributed by atoms with E-state index in [4.69, 9.17) is 9.47 Å². The van der Waals surface area contributed by atoms with E-state index in [1.807, 2.05) is 31.2 Å². The van der Waals surface area contributed by atoms with Crippen LogP contribution in [0.25, 0.3) is 5.69 Å². The van der Waals surface area contributed by atoms with Crippen LogP contribution in [0.1, 0.15) is 23.0 Å². The molecular weight excluding hydrogens is 244 g/mol. The molecule has 1 aromatic heterocycles. The Morgan fingerprint density at radius 3 is 2.89 bits per heavy atom. The second kappa shape index (κ2) is 5.56. The highest BCUT2D eigenvalue weighted by molar-refractivity contribution is 5.88. The van der Waals surface area contributed by atoms with Gasteiger partial charge in [0.1, 0.15) is 5.75 Å². The molecule has 5 heteroatoms. The number of hydrogen-bond acceptors (Lipinski definition) is 4. The van der Waals surface area contributed by atoms with E-state index in [1.165, 1.54) is 0 Å². The monoisotopic (exact) mass is 260 g/mol. The van der Waals surface area contributed by atoms with Crippen LogP contribution in [0.2, 0.25) is 0 Å². The van der Waals surface area contributed by atoms with E-state index in [-0.39, 0.29) is 0 Å². The van der Waals surface area contributed by atoms with Crippen molar-refractivity contribution in [2.24, 2.45) is 0 Å². The fourth-order valence-corrected chi connectivity index (χ4v) is 1.75. The number of carbonyl (C=O) groups is 1. The molecule has 0 saturated carbocycles. The summed E-state index contributed by atoms with van der Waals surface area (Å²) in [6.07, 6.45) is 1.79. The number of rotatable bonds is 4. The van der Waals surface area contributed by atoms with E-state index in [9.17, 15) is 4.79 Å². The van der Waals surface area contributed by atoms with Gasteiger partial charge in [-0.2, -0.15) is 5.10 Å². The van der Waals surface area contributed by atoms with Crippen molar-refractivity contribution in [1.82, 2.24) is 9.78 Å². The lowest BCUT2D eigenvalue weighted by molar-refractivity contribution is 0.0518. The average molecular weight is 260 g/mol. The third kappa shape index (κ3) is 2.76. The number of ether oxygens (including phenoxy) is 2. The van der Waals surface area contributed by atoms with E-state index >= 15 is 0 Å². The standard InChI is InChI=1S/C14H16N2O3/c1-4-19-14(17)13-10(2)9-16(15-13)11-6-5-7-12(8-11)18-3/h5-9H,4H2,1-3H3.